The summed E-state index contributed by atoms with van der Waals surface area (Å²) in [5, 5.41) is 9.89. The SMILES string of the molecule is O=C(O)CC[C@@H](c1ccccc1)c1ccc(Cl)c(Cl)c1. The highest BCUT2D eigenvalue weighted by Gasteiger charge is 2.16. The van der Waals surface area contributed by atoms with Crippen LogP contribution in [-0.4, -0.2) is 11.1 Å². The lowest BCUT2D eigenvalue weighted by Crippen LogP contribution is -2.05. The average molecular weight is 309 g/mol. The lowest BCUT2D eigenvalue weighted by atomic mass is 9.87. The smallest absolute Gasteiger partial charge is 0.303 e. The molecule has 2 aromatic carbocycles. The summed E-state index contributed by atoms with van der Waals surface area (Å²) in [5.74, 6) is -0.798. The maximum Gasteiger partial charge on any atom is 0.303 e. The van der Waals surface area contributed by atoms with Gasteiger partial charge in [-0.1, -0.05) is 59.6 Å². The first-order valence-corrected chi connectivity index (χ1v) is 7.05. The van der Waals surface area contributed by atoms with Gasteiger partial charge in [0, 0.05) is 12.3 Å². The molecule has 0 bridgehead atoms. The molecule has 0 saturated carbocycles. The number of rotatable bonds is 5. The standard InChI is InChI=1S/C16H14Cl2O2/c17-14-8-6-12(10-15(14)18)13(7-9-16(19)20)11-4-2-1-3-5-11/h1-6,8,10,13H,7,9H2,(H,19,20)/t13-/m0/s1. The number of hydrogen-bond donors (Lipinski definition) is 1. The highest BCUT2D eigenvalue weighted by atomic mass is 35.5. The molecule has 0 aliphatic carbocycles. The first kappa shape index (κ1) is 14.9. The molecule has 20 heavy (non-hydrogen) atoms. The highest BCUT2D eigenvalue weighted by Crippen LogP contribution is 2.33. The van der Waals surface area contributed by atoms with E-state index in [1.807, 2.05) is 42.5 Å². The van der Waals surface area contributed by atoms with Gasteiger partial charge < -0.3 is 5.11 Å². The fourth-order valence-corrected chi connectivity index (χ4v) is 2.51. The van der Waals surface area contributed by atoms with Crippen LogP contribution >= 0.6 is 23.2 Å². The molecule has 0 aromatic heterocycles. The Hall–Kier alpha value is -1.51. The molecular formula is C16H14Cl2O2. The van der Waals surface area contributed by atoms with Crippen molar-refractivity contribution in [2.45, 2.75) is 18.8 Å². The van der Waals surface area contributed by atoms with Crippen molar-refractivity contribution in [1.82, 2.24) is 0 Å². The molecule has 2 aromatic rings. The maximum atomic E-state index is 10.8. The first-order chi connectivity index (χ1) is 9.58. The van der Waals surface area contributed by atoms with Crippen LogP contribution in [0.25, 0.3) is 0 Å². The number of carbonyl (C=O) groups is 1. The van der Waals surface area contributed by atoms with Crippen molar-refractivity contribution < 1.29 is 9.90 Å². The third kappa shape index (κ3) is 3.75. The molecule has 0 spiro atoms. The van der Waals surface area contributed by atoms with Gasteiger partial charge >= 0.3 is 5.97 Å². The van der Waals surface area contributed by atoms with Crippen molar-refractivity contribution >= 4 is 29.2 Å². The molecular weight excluding hydrogens is 295 g/mol. The van der Waals surface area contributed by atoms with Gasteiger partial charge in [-0.25, -0.2) is 0 Å². The summed E-state index contributed by atoms with van der Waals surface area (Å²) in [6, 6.07) is 15.3. The van der Waals surface area contributed by atoms with E-state index in [9.17, 15) is 4.79 Å². The zero-order valence-electron chi connectivity index (χ0n) is 10.7. The van der Waals surface area contributed by atoms with E-state index in [2.05, 4.69) is 0 Å². The van der Waals surface area contributed by atoms with Crippen molar-refractivity contribution in [3.8, 4) is 0 Å². The van der Waals surface area contributed by atoms with Gasteiger partial charge in [0.2, 0.25) is 0 Å². The number of carboxylic acids is 1. The van der Waals surface area contributed by atoms with Gasteiger partial charge in [0.25, 0.3) is 0 Å². The molecule has 0 aliphatic rings. The Bertz CT molecular complexity index is 597. The fourth-order valence-electron chi connectivity index (χ4n) is 2.21. The zero-order valence-corrected chi connectivity index (χ0v) is 12.2. The second-order valence-corrected chi connectivity index (χ2v) is 5.38. The predicted octanol–water partition coefficient (Wildman–Crippen LogP) is 4.99. The Morgan fingerprint density at radius 2 is 1.70 bits per heavy atom. The molecule has 0 aliphatic heterocycles. The van der Waals surface area contributed by atoms with Crippen molar-refractivity contribution in [2.75, 3.05) is 0 Å². The Balaban J connectivity index is 2.35. The molecule has 104 valence electrons. The second kappa shape index (κ2) is 6.78. The van der Waals surface area contributed by atoms with Crippen LogP contribution in [0.3, 0.4) is 0 Å². The van der Waals surface area contributed by atoms with Crippen molar-refractivity contribution in [2.24, 2.45) is 0 Å². The summed E-state index contributed by atoms with van der Waals surface area (Å²) in [6.45, 7) is 0. The first-order valence-electron chi connectivity index (χ1n) is 6.29. The monoisotopic (exact) mass is 308 g/mol. The van der Waals surface area contributed by atoms with E-state index in [0.717, 1.165) is 11.1 Å². The van der Waals surface area contributed by atoms with Crippen LogP contribution < -0.4 is 0 Å². The minimum atomic E-state index is -0.800. The minimum Gasteiger partial charge on any atom is -0.481 e. The second-order valence-electron chi connectivity index (χ2n) is 4.57. The molecule has 4 heteroatoms. The van der Waals surface area contributed by atoms with Gasteiger partial charge in [-0.05, 0) is 29.7 Å². The third-order valence-corrected chi connectivity index (χ3v) is 3.93. The lowest BCUT2D eigenvalue weighted by molar-refractivity contribution is -0.137. The Labute approximate surface area is 128 Å². The largest absolute Gasteiger partial charge is 0.481 e. The van der Waals surface area contributed by atoms with Crippen LogP contribution in [0.1, 0.15) is 29.9 Å². The average Bonchev–Trinajstić information content (AvgIpc) is 2.44. The fraction of sp³-hybridized carbons (Fsp3) is 0.188. The van der Waals surface area contributed by atoms with Crippen LogP contribution in [0.15, 0.2) is 48.5 Å². The van der Waals surface area contributed by atoms with E-state index in [4.69, 9.17) is 28.3 Å². The number of halogens is 2. The van der Waals surface area contributed by atoms with Crippen LogP contribution in [0.4, 0.5) is 0 Å². The number of hydrogen-bond acceptors (Lipinski definition) is 1. The normalized spacial score (nSPS) is 12.1. The van der Waals surface area contributed by atoms with E-state index in [-0.39, 0.29) is 12.3 Å². The van der Waals surface area contributed by atoms with Crippen molar-refractivity contribution in [1.29, 1.82) is 0 Å². The Kier molecular flexibility index (Phi) is 5.05. The van der Waals surface area contributed by atoms with Gasteiger partial charge in [-0.2, -0.15) is 0 Å². The van der Waals surface area contributed by atoms with E-state index in [1.165, 1.54) is 0 Å². The maximum absolute atomic E-state index is 10.8. The zero-order chi connectivity index (χ0) is 14.5. The van der Waals surface area contributed by atoms with Crippen molar-refractivity contribution in [3.63, 3.8) is 0 Å². The van der Waals surface area contributed by atoms with Gasteiger partial charge in [0.15, 0.2) is 0 Å². The molecule has 0 unspecified atom stereocenters. The van der Waals surface area contributed by atoms with Gasteiger partial charge in [0.1, 0.15) is 0 Å². The lowest BCUT2D eigenvalue weighted by Gasteiger charge is -2.17. The van der Waals surface area contributed by atoms with E-state index >= 15 is 0 Å². The summed E-state index contributed by atoms with van der Waals surface area (Å²) in [5.41, 5.74) is 2.05. The molecule has 0 radical (unpaired) electrons. The van der Waals surface area contributed by atoms with Crippen LogP contribution in [0, 0.1) is 0 Å². The van der Waals surface area contributed by atoms with Gasteiger partial charge in [0.05, 0.1) is 10.0 Å². The van der Waals surface area contributed by atoms with Crippen LogP contribution in [0.2, 0.25) is 10.0 Å². The summed E-state index contributed by atoms with van der Waals surface area (Å²) in [4.78, 5) is 10.8. The van der Waals surface area contributed by atoms with Gasteiger partial charge in [-0.3, -0.25) is 4.79 Å². The number of carboxylic acid groups (broad SMARTS) is 1. The number of aliphatic carboxylic acids is 1. The molecule has 1 atom stereocenters. The molecule has 2 rings (SSSR count). The highest BCUT2D eigenvalue weighted by molar-refractivity contribution is 6.42. The molecule has 2 nitrogen and oxygen atoms in total. The molecule has 0 saturated heterocycles. The molecule has 0 heterocycles. The van der Waals surface area contributed by atoms with Crippen molar-refractivity contribution in [3.05, 3.63) is 69.7 Å². The molecule has 0 fully saturated rings. The Morgan fingerprint density at radius 1 is 1.00 bits per heavy atom. The molecule has 0 amide bonds. The van der Waals surface area contributed by atoms with E-state index in [0.29, 0.717) is 16.5 Å². The van der Waals surface area contributed by atoms with Crippen LogP contribution in [-0.2, 0) is 4.79 Å². The van der Waals surface area contributed by atoms with Gasteiger partial charge in [-0.15, -0.1) is 0 Å². The Morgan fingerprint density at radius 3 is 2.30 bits per heavy atom. The predicted molar refractivity (Wildman–Crippen MR) is 81.6 cm³/mol. The summed E-state index contributed by atoms with van der Waals surface area (Å²) in [6.07, 6.45) is 0.636. The summed E-state index contributed by atoms with van der Waals surface area (Å²) < 4.78 is 0. The quantitative estimate of drug-likeness (QED) is 0.845. The van der Waals surface area contributed by atoms with Crippen LogP contribution in [0.5, 0.6) is 0 Å². The number of benzene rings is 2. The summed E-state index contributed by atoms with van der Waals surface area (Å²) in [7, 11) is 0. The minimum absolute atomic E-state index is 0.00191. The third-order valence-electron chi connectivity index (χ3n) is 3.19. The summed E-state index contributed by atoms with van der Waals surface area (Å²) >= 11 is 12.0. The van der Waals surface area contributed by atoms with E-state index in [1.54, 1.807) is 6.07 Å². The topological polar surface area (TPSA) is 37.3 Å². The molecule has 1 N–H and O–H groups in total. The van der Waals surface area contributed by atoms with E-state index < -0.39 is 5.97 Å².